The molecule has 1 fully saturated rings. The first-order chi connectivity index (χ1) is 11.3. The zero-order valence-corrected chi connectivity index (χ0v) is 14.0. The van der Waals surface area contributed by atoms with E-state index in [2.05, 4.69) is 5.32 Å². The first-order valence-electron chi connectivity index (χ1n) is 7.90. The van der Waals surface area contributed by atoms with Gasteiger partial charge in [-0.2, -0.15) is 0 Å². The molecule has 0 aliphatic carbocycles. The van der Waals surface area contributed by atoms with Gasteiger partial charge in [-0.3, -0.25) is 19.3 Å². The summed E-state index contributed by atoms with van der Waals surface area (Å²) in [5, 5.41) is 2.69. The van der Waals surface area contributed by atoms with E-state index in [1.54, 1.807) is 12.1 Å². The second-order valence-corrected chi connectivity index (χ2v) is 6.04. The molecule has 0 radical (unpaired) electrons. The summed E-state index contributed by atoms with van der Waals surface area (Å²) >= 11 is 0. The van der Waals surface area contributed by atoms with Gasteiger partial charge in [-0.05, 0) is 24.0 Å². The molecule has 0 bridgehead atoms. The Balaban J connectivity index is 2.07. The van der Waals surface area contributed by atoms with Crippen LogP contribution in [0.25, 0.3) is 0 Å². The number of para-hydroxylation sites is 1. The number of benzene rings is 1. The monoisotopic (exact) mass is 331 g/mol. The Bertz CT molecular complexity index is 684. The third kappa shape index (κ3) is 3.61. The number of nitrogens with zero attached hydrogens (tertiary/aromatic N) is 2. The van der Waals surface area contributed by atoms with Gasteiger partial charge in [0, 0.05) is 12.2 Å². The van der Waals surface area contributed by atoms with Crippen LogP contribution < -0.4 is 5.32 Å². The summed E-state index contributed by atoms with van der Waals surface area (Å²) in [6.45, 7) is 5.31. The summed E-state index contributed by atoms with van der Waals surface area (Å²) in [5.41, 5.74) is 1.58. The van der Waals surface area contributed by atoms with Crippen molar-refractivity contribution in [1.82, 2.24) is 9.80 Å². The first kappa shape index (κ1) is 17.7. The largest absolute Gasteiger partial charge is 0.334 e. The molecule has 0 atom stereocenters. The van der Waals surface area contributed by atoms with Gasteiger partial charge in [0.1, 0.15) is 6.54 Å². The molecule has 7 heteroatoms. The topological polar surface area (TPSA) is 86.8 Å². The lowest BCUT2D eigenvalue weighted by Gasteiger charge is -2.17. The average Bonchev–Trinajstić information content (AvgIpc) is 2.73. The standard InChI is InChI=1S/C17H21N3O4/c1-4-12-7-5-6-8-13(12)18-14(21)10-20-16(23)15(22)19(17(20)24)9-11(2)3/h5-8,11H,4,9-10H2,1-3H3,(H,18,21). The van der Waals surface area contributed by atoms with E-state index in [-0.39, 0.29) is 12.5 Å². The second-order valence-electron chi connectivity index (χ2n) is 6.04. The Labute approximate surface area is 140 Å². The highest BCUT2D eigenvalue weighted by molar-refractivity contribution is 6.45. The number of rotatable bonds is 6. The Morgan fingerprint density at radius 2 is 1.71 bits per heavy atom. The molecule has 1 heterocycles. The van der Waals surface area contributed by atoms with E-state index in [1.165, 1.54) is 0 Å². The third-order valence-corrected chi connectivity index (χ3v) is 3.66. The molecule has 1 aliphatic heterocycles. The maximum Gasteiger partial charge on any atom is 0.334 e. The zero-order valence-electron chi connectivity index (χ0n) is 14.0. The van der Waals surface area contributed by atoms with Crippen molar-refractivity contribution in [3.63, 3.8) is 0 Å². The average molecular weight is 331 g/mol. The predicted octanol–water partition coefficient (Wildman–Crippen LogP) is 1.63. The number of anilines is 1. The van der Waals surface area contributed by atoms with Gasteiger partial charge >= 0.3 is 17.8 Å². The summed E-state index contributed by atoms with van der Waals surface area (Å²) in [6.07, 6.45) is 0.735. The Kier molecular flexibility index (Phi) is 5.33. The Morgan fingerprint density at radius 1 is 1.08 bits per heavy atom. The maximum absolute atomic E-state index is 12.2. The SMILES string of the molecule is CCc1ccccc1NC(=O)CN1C(=O)C(=O)N(CC(C)C)C1=O. The van der Waals surface area contributed by atoms with E-state index in [0.29, 0.717) is 10.6 Å². The summed E-state index contributed by atoms with van der Waals surface area (Å²) < 4.78 is 0. The molecule has 1 N–H and O–H groups in total. The fourth-order valence-corrected chi connectivity index (χ4v) is 2.50. The van der Waals surface area contributed by atoms with Crippen LogP contribution in [0.2, 0.25) is 0 Å². The lowest BCUT2D eigenvalue weighted by molar-refractivity contribution is -0.143. The van der Waals surface area contributed by atoms with E-state index in [9.17, 15) is 19.2 Å². The molecule has 1 saturated heterocycles. The normalized spacial score (nSPS) is 14.8. The first-order valence-corrected chi connectivity index (χ1v) is 7.90. The van der Waals surface area contributed by atoms with Crippen molar-refractivity contribution in [2.45, 2.75) is 27.2 Å². The third-order valence-electron chi connectivity index (χ3n) is 3.66. The molecule has 0 spiro atoms. The van der Waals surface area contributed by atoms with E-state index in [1.807, 2.05) is 32.9 Å². The van der Waals surface area contributed by atoms with E-state index in [0.717, 1.165) is 16.9 Å². The molecule has 0 aromatic heterocycles. The summed E-state index contributed by atoms with van der Waals surface area (Å²) in [5.74, 6) is -2.32. The number of imide groups is 2. The van der Waals surface area contributed by atoms with Gasteiger partial charge in [-0.25, -0.2) is 9.69 Å². The Hall–Kier alpha value is -2.70. The minimum absolute atomic E-state index is 0.0379. The minimum atomic E-state index is -0.959. The molecule has 24 heavy (non-hydrogen) atoms. The number of carbonyl (C=O) groups excluding carboxylic acids is 4. The number of urea groups is 1. The van der Waals surface area contributed by atoms with Crippen molar-refractivity contribution in [2.24, 2.45) is 5.92 Å². The number of hydrogen-bond acceptors (Lipinski definition) is 4. The van der Waals surface area contributed by atoms with E-state index >= 15 is 0 Å². The number of amides is 5. The highest BCUT2D eigenvalue weighted by atomic mass is 16.2. The zero-order chi connectivity index (χ0) is 17.9. The minimum Gasteiger partial charge on any atom is -0.324 e. The summed E-state index contributed by atoms with van der Waals surface area (Å²) in [4.78, 5) is 49.8. The van der Waals surface area contributed by atoms with Gasteiger partial charge in [0.25, 0.3) is 0 Å². The molecular weight excluding hydrogens is 310 g/mol. The summed E-state index contributed by atoms with van der Waals surface area (Å²) in [7, 11) is 0. The van der Waals surface area contributed by atoms with Crippen LogP contribution in [-0.4, -0.2) is 46.6 Å². The number of carbonyl (C=O) groups is 4. The van der Waals surface area contributed by atoms with Gasteiger partial charge in [0.15, 0.2) is 0 Å². The van der Waals surface area contributed by atoms with Crippen molar-refractivity contribution < 1.29 is 19.2 Å². The smallest absolute Gasteiger partial charge is 0.324 e. The van der Waals surface area contributed by atoms with Crippen molar-refractivity contribution in [3.8, 4) is 0 Å². The molecule has 2 rings (SSSR count). The van der Waals surface area contributed by atoms with Gasteiger partial charge < -0.3 is 5.32 Å². The summed E-state index contributed by atoms with van der Waals surface area (Å²) in [6, 6.07) is 6.55. The van der Waals surface area contributed by atoms with Gasteiger partial charge in [0.05, 0.1) is 0 Å². The molecule has 0 saturated carbocycles. The van der Waals surface area contributed by atoms with Crippen molar-refractivity contribution in [3.05, 3.63) is 29.8 Å². The van der Waals surface area contributed by atoms with Gasteiger partial charge in [-0.1, -0.05) is 39.0 Å². The van der Waals surface area contributed by atoms with Crippen LogP contribution in [0.15, 0.2) is 24.3 Å². The van der Waals surface area contributed by atoms with Crippen molar-refractivity contribution in [2.75, 3.05) is 18.4 Å². The molecule has 5 amide bonds. The number of aryl methyl sites for hydroxylation is 1. The quantitative estimate of drug-likeness (QED) is 0.634. The molecule has 1 aromatic carbocycles. The maximum atomic E-state index is 12.2. The number of nitrogens with one attached hydrogen (secondary N) is 1. The molecule has 128 valence electrons. The molecule has 1 aromatic rings. The van der Waals surface area contributed by atoms with Crippen LogP contribution in [0, 0.1) is 5.92 Å². The fourth-order valence-electron chi connectivity index (χ4n) is 2.50. The Morgan fingerprint density at radius 3 is 2.33 bits per heavy atom. The molecule has 7 nitrogen and oxygen atoms in total. The predicted molar refractivity (Wildman–Crippen MR) is 88.1 cm³/mol. The van der Waals surface area contributed by atoms with Crippen molar-refractivity contribution in [1.29, 1.82) is 0 Å². The fraction of sp³-hybridized carbons (Fsp3) is 0.412. The molecule has 1 aliphatic rings. The highest BCUT2D eigenvalue weighted by Gasteiger charge is 2.45. The van der Waals surface area contributed by atoms with Gasteiger partial charge in [0.2, 0.25) is 5.91 Å². The van der Waals surface area contributed by atoms with Crippen LogP contribution in [-0.2, 0) is 20.8 Å². The van der Waals surface area contributed by atoms with Crippen LogP contribution in [0.5, 0.6) is 0 Å². The van der Waals surface area contributed by atoms with Crippen LogP contribution in [0.4, 0.5) is 10.5 Å². The highest BCUT2D eigenvalue weighted by Crippen LogP contribution is 2.17. The van der Waals surface area contributed by atoms with Crippen LogP contribution >= 0.6 is 0 Å². The second kappa shape index (κ2) is 7.25. The van der Waals surface area contributed by atoms with Crippen molar-refractivity contribution >= 4 is 29.4 Å². The van der Waals surface area contributed by atoms with Gasteiger partial charge in [-0.15, -0.1) is 0 Å². The van der Waals surface area contributed by atoms with E-state index in [4.69, 9.17) is 0 Å². The van der Waals surface area contributed by atoms with Crippen LogP contribution in [0.3, 0.4) is 0 Å². The number of hydrogen-bond donors (Lipinski definition) is 1. The lowest BCUT2D eigenvalue weighted by Crippen LogP contribution is -2.39. The van der Waals surface area contributed by atoms with E-state index < -0.39 is 30.3 Å². The van der Waals surface area contributed by atoms with Crippen LogP contribution in [0.1, 0.15) is 26.3 Å². The lowest BCUT2D eigenvalue weighted by atomic mass is 10.1. The molecular formula is C17H21N3O4. The molecule has 0 unspecified atom stereocenters.